The molecule has 0 fully saturated rings. The van der Waals surface area contributed by atoms with Crippen molar-refractivity contribution in [2.45, 2.75) is 0 Å². The van der Waals surface area contributed by atoms with Crippen LogP contribution >= 0.6 is 11.6 Å². The molecular formula is C15H11ClFN5O. The van der Waals surface area contributed by atoms with Gasteiger partial charge in [0.25, 0.3) is 0 Å². The molecule has 0 radical (unpaired) electrons. The van der Waals surface area contributed by atoms with Crippen LogP contribution in [-0.4, -0.2) is 11.5 Å². The minimum atomic E-state index is -0.447. The number of amidine groups is 1. The third-order valence-electron chi connectivity index (χ3n) is 2.61. The van der Waals surface area contributed by atoms with Crippen molar-refractivity contribution in [2.75, 3.05) is 5.43 Å². The number of nitrogens with one attached hydrogen (secondary N) is 2. The van der Waals surface area contributed by atoms with Crippen LogP contribution in [0.1, 0.15) is 0 Å². The monoisotopic (exact) mass is 331 g/mol. The second-order valence-electron chi connectivity index (χ2n) is 4.30. The van der Waals surface area contributed by atoms with E-state index in [4.69, 9.17) is 32.7 Å². The summed E-state index contributed by atoms with van der Waals surface area (Å²) in [6.07, 6.45) is 0. The van der Waals surface area contributed by atoms with Crippen LogP contribution in [0, 0.1) is 22.6 Å². The number of nitrogens with two attached hydrogens (primary N) is 1. The average molecular weight is 332 g/mol. The third-order valence-corrected chi connectivity index (χ3v) is 2.91. The Morgan fingerprint density at radius 2 is 2.13 bits per heavy atom. The Morgan fingerprint density at radius 1 is 1.35 bits per heavy atom. The van der Waals surface area contributed by atoms with E-state index in [9.17, 15) is 4.39 Å². The number of nitrogens with zero attached hydrogens (tertiary/aromatic N) is 2. The zero-order valence-electron chi connectivity index (χ0n) is 11.7. The lowest BCUT2D eigenvalue weighted by molar-refractivity contribution is 0.477. The van der Waals surface area contributed by atoms with Gasteiger partial charge in [0.15, 0.2) is 5.84 Å². The predicted octanol–water partition coefficient (Wildman–Crippen LogP) is 3.50. The van der Waals surface area contributed by atoms with Crippen LogP contribution in [-0.2, 0) is 0 Å². The molecule has 116 valence electrons. The maximum atomic E-state index is 13.1. The summed E-state index contributed by atoms with van der Waals surface area (Å²) in [7, 11) is 0. The van der Waals surface area contributed by atoms with Gasteiger partial charge in [0.2, 0.25) is 5.71 Å². The molecule has 2 aromatic rings. The van der Waals surface area contributed by atoms with E-state index in [-0.39, 0.29) is 10.7 Å². The minimum absolute atomic E-state index is 0.249. The van der Waals surface area contributed by atoms with Gasteiger partial charge in [-0.25, -0.2) is 4.39 Å². The van der Waals surface area contributed by atoms with Crippen molar-refractivity contribution < 1.29 is 9.13 Å². The first kappa shape index (κ1) is 16.3. The molecule has 0 atom stereocenters. The molecule has 0 saturated heterocycles. The summed E-state index contributed by atoms with van der Waals surface area (Å²) in [4.78, 5) is 0. The maximum absolute atomic E-state index is 13.1. The number of nitriles is 1. The van der Waals surface area contributed by atoms with E-state index < -0.39 is 11.7 Å². The smallest absolute Gasteiger partial charge is 0.201 e. The summed E-state index contributed by atoms with van der Waals surface area (Å²) < 4.78 is 18.6. The molecule has 0 aliphatic carbocycles. The van der Waals surface area contributed by atoms with E-state index >= 15 is 0 Å². The summed E-state index contributed by atoms with van der Waals surface area (Å²) in [6, 6.07) is 12.0. The lowest BCUT2D eigenvalue weighted by Crippen LogP contribution is -2.21. The summed E-state index contributed by atoms with van der Waals surface area (Å²) in [5, 5.41) is 19.8. The zero-order chi connectivity index (χ0) is 16.8. The van der Waals surface area contributed by atoms with Crippen LogP contribution in [0.3, 0.4) is 0 Å². The van der Waals surface area contributed by atoms with Crippen molar-refractivity contribution >= 4 is 28.8 Å². The molecule has 4 N–H and O–H groups in total. The van der Waals surface area contributed by atoms with Crippen molar-refractivity contribution in [3.05, 3.63) is 53.3 Å². The number of hydrogen-bond acceptors (Lipinski definition) is 5. The highest BCUT2D eigenvalue weighted by Crippen LogP contribution is 2.31. The van der Waals surface area contributed by atoms with Crippen LogP contribution in [0.2, 0.25) is 5.02 Å². The second-order valence-corrected chi connectivity index (χ2v) is 4.71. The Hall–Kier alpha value is -3.11. The highest BCUT2D eigenvalue weighted by molar-refractivity contribution is 6.45. The van der Waals surface area contributed by atoms with E-state index in [1.54, 1.807) is 24.3 Å². The van der Waals surface area contributed by atoms with Gasteiger partial charge in [-0.2, -0.15) is 10.4 Å². The van der Waals surface area contributed by atoms with Crippen molar-refractivity contribution in [3.8, 4) is 17.6 Å². The molecule has 0 aromatic heterocycles. The minimum Gasteiger partial charge on any atom is -0.456 e. The Bertz CT molecular complexity index is 816. The fourth-order valence-corrected chi connectivity index (χ4v) is 1.80. The largest absolute Gasteiger partial charge is 0.456 e. The number of anilines is 1. The average Bonchev–Trinajstić information content (AvgIpc) is 2.50. The van der Waals surface area contributed by atoms with Gasteiger partial charge in [-0.1, -0.05) is 17.7 Å². The van der Waals surface area contributed by atoms with Crippen molar-refractivity contribution in [3.63, 3.8) is 0 Å². The number of hydrogen-bond donors (Lipinski definition) is 3. The summed E-state index contributed by atoms with van der Waals surface area (Å²) in [6.45, 7) is 0. The molecule has 0 spiro atoms. The second kappa shape index (κ2) is 7.24. The summed E-state index contributed by atoms with van der Waals surface area (Å²) >= 11 is 6.09. The van der Waals surface area contributed by atoms with Crippen molar-refractivity contribution in [1.29, 1.82) is 10.7 Å². The number of rotatable bonds is 5. The van der Waals surface area contributed by atoms with Crippen LogP contribution in [0.15, 0.2) is 47.6 Å². The topological polar surface area (TPSA) is 107 Å². The van der Waals surface area contributed by atoms with Gasteiger partial charge in [-0.05, 0) is 30.3 Å². The first-order valence-electron chi connectivity index (χ1n) is 6.31. The lowest BCUT2D eigenvalue weighted by Gasteiger charge is -2.09. The number of ether oxygens (including phenoxy) is 1. The quantitative estimate of drug-likeness (QED) is 0.442. The van der Waals surface area contributed by atoms with Gasteiger partial charge in [0.05, 0.1) is 10.7 Å². The van der Waals surface area contributed by atoms with Crippen LogP contribution in [0.25, 0.3) is 0 Å². The fourth-order valence-electron chi connectivity index (χ4n) is 1.58. The van der Waals surface area contributed by atoms with Gasteiger partial charge in [-0.15, -0.1) is 0 Å². The Morgan fingerprint density at radius 3 is 2.74 bits per heavy atom. The van der Waals surface area contributed by atoms with Gasteiger partial charge in [-0.3, -0.25) is 10.8 Å². The Kier molecular flexibility index (Phi) is 5.12. The molecule has 6 nitrogen and oxygen atoms in total. The molecule has 0 aliphatic heterocycles. The first-order chi connectivity index (χ1) is 11.0. The molecule has 0 aliphatic rings. The fraction of sp³-hybridized carbons (Fsp3) is 0. The summed E-state index contributed by atoms with van der Waals surface area (Å²) in [5.74, 6) is -0.218. The molecule has 0 saturated carbocycles. The SMILES string of the molecule is N#C/C(=N\Nc1ccc(Oc2cccc(F)c2)c(Cl)c1)C(=N)N. The van der Waals surface area contributed by atoms with E-state index in [1.807, 2.05) is 0 Å². The van der Waals surface area contributed by atoms with E-state index in [1.165, 1.54) is 24.3 Å². The molecule has 0 amide bonds. The molecule has 8 heteroatoms. The van der Waals surface area contributed by atoms with E-state index in [0.717, 1.165) is 0 Å². The normalized spacial score (nSPS) is 10.7. The third kappa shape index (κ3) is 4.43. The molecule has 0 bridgehead atoms. The van der Waals surface area contributed by atoms with Crippen molar-refractivity contribution in [2.24, 2.45) is 10.8 Å². The molecular weight excluding hydrogens is 321 g/mol. The standard InChI is InChI=1S/C15H11ClFN5O/c16-12-7-10(21-22-13(8-18)15(19)20)4-5-14(12)23-11-3-1-2-9(17)6-11/h1-7,21H,(H3,19,20)/b22-13+. The Labute approximate surface area is 136 Å². The molecule has 0 unspecified atom stereocenters. The van der Waals surface area contributed by atoms with Crippen LogP contribution in [0.5, 0.6) is 11.5 Å². The van der Waals surface area contributed by atoms with E-state index in [0.29, 0.717) is 17.2 Å². The predicted molar refractivity (Wildman–Crippen MR) is 86.5 cm³/mol. The number of halogens is 2. The van der Waals surface area contributed by atoms with E-state index in [2.05, 4.69) is 10.5 Å². The zero-order valence-corrected chi connectivity index (χ0v) is 12.4. The highest BCUT2D eigenvalue weighted by atomic mass is 35.5. The highest BCUT2D eigenvalue weighted by Gasteiger charge is 2.06. The lowest BCUT2D eigenvalue weighted by atomic mass is 10.3. The van der Waals surface area contributed by atoms with Gasteiger partial charge in [0, 0.05) is 6.07 Å². The number of hydrazone groups is 1. The Balaban J connectivity index is 2.15. The molecule has 2 rings (SSSR count). The molecule has 23 heavy (non-hydrogen) atoms. The molecule has 0 heterocycles. The van der Waals surface area contributed by atoms with Crippen LogP contribution < -0.4 is 15.9 Å². The van der Waals surface area contributed by atoms with Crippen LogP contribution in [0.4, 0.5) is 10.1 Å². The van der Waals surface area contributed by atoms with Crippen molar-refractivity contribution in [1.82, 2.24) is 0 Å². The first-order valence-corrected chi connectivity index (χ1v) is 6.68. The molecule has 2 aromatic carbocycles. The van der Waals surface area contributed by atoms with Gasteiger partial charge in [0.1, 0.15) is 23.4 Å². The summed E-state index contributed by atoms with van der Waals surface area (Å²) in [5.41, 5.74) is 7.96. The number of benzene rings is 2. The maximum Gasteiger partial charge on any atom is 0.201 e. The van der Waals surface area contributed by atoms with Gasteiger partial charge < -0.3 is 10.5 Å². The van der Waals surface area contributed by atoms with Gasteiger partial charge >= 0.3 is 0 Å².